The van der Waals surface area contributed by atoms with E-state index >= 15 is 0 Å². The number of benzene rings is 1. The zero-order valence-corrected chi connectivity index (χ0v) is 14.5. The topological polar surface area (TPSA) is 78.1 Å². The number of aromatic amines is 1. The molecule has 25 heavy (non-hydrogen) atoms. The molecule has 6 nitrogen and oxygen atoms in total. The largest absolute Gasteiger partial charge is 0.311 e. The predicted octanol–water partition coefficient (Wildman–Crippen LogP) is 3.26. The smallest absolute Gasteiger partial charge is 0.228 e. The first kappa shape index (κ1) is 17.0. The molecule has 2 amide bonds. The van der Waals surface area contributed by atoms with Gasteiger partial charge >= 0.3 is 0 Å². The maximum atomic E-state index is 12.5. The second kappa shape index (κ2) is 7.34. The molecular formula is C19H22N4O2. The SMILES string of the molecule is CCCc1cc(NC(=O)C[C@@H]2c3ccccc3C=CN2C(C)=O)n[nH]1. The van der Waals surface area contributed by atoms with Crippen LogP contribution in [0.4, 0.5) is 5.82 Å². The average molecular weight is 338 g/mol. The van der Waals surface area contributed by atoms with E-state index in [1.54, 1.807) is 11.1 Å². The normalized spacial score (nSPS) is 15.8. The van der Waals surface area contributed by atoms with Crippen molar-refractivity contribution in [3.63, 3.8) is 0 Å². The maximum absolute atomic E-state index is 12.5. The number of aromatic nitrogens is 2. The van der Waals surface area contributed by atoms with E-state index < -0.39 is 0 Å². The fourth-order valence-electron chi connectivity index (χ4n) is 3.11. The highest BCUT2D eigenvalue weighted by Gasteiger charge is 2.28. The third-order valence-corrected chi connectivity index (χ3v) is 4.27. The Morgan fingerprint density at radius 3 is 2.88 bits per heavy atom. The fraction of sp³-hybridized carbons (Fsp3) is 0.316. The summed E-state index contributed by atoms with van der Waals surface area (Å²) in [6.07, 6.45) is 5.72. The van der Waals surface area contributed by atoms with Crippen LogP contribution in [0.25, 0.3) is 6.08 Å². The molecule has 1 aliphatic rings. The molecule has 6 heteroatoms. The Balaban J connectivity index is 1.75. The Hall–Kier alpha value is -2.89. The van der Waals surface area contributed by atoms with Crippen molar-refractivity contribution in [1.29, 1.82) is 0 Å². The van der Waals surface area contributed by atoms with Crippen molar-refractivity contribution in [3.05, 3.63) is 53.4 Å². The molecule has 130 valence electrons. The summed E-state index contributed by atoms with van der Waals surface area (Å²) >= 11 is 0. The number of hydrogen-bond donors (Lipinski definition) is 2. The monoisotopic (exact) mass is 338 g/mol. The van der Waals surface area contributed by atoms with Crippen LogP contribution in [0, 0.1) is 0 Å². The molecule has 2 heterocycles. The molecule has 3 rings (SSSR count). The second-order valence-corrected chi connectivity index (χ2v) is 6.17. The van der Waals surface area contributed by atoms with Gasteiger partial charge in [-0.15, -0.1) is 0 Å². The molecule has 0 saturated carbocycles. The van der Waals surface area contributed by atoms with Crippen molar-refractivity contribution in [2.45, 2.75) is 39.2 Å². The van der Waals surface area contributed by atoms with Gasteiger partial charge in [0.15, 0.2) is 5.82 Å². The van der Waals surface area contributed by atoms with E-state index in [1.165, 1.54) is 6.92 Å². The third-order valence-electron chi connectivity index (χ3n) is 4.27. The van der Waals surface area contributed by atoms with E-state index in [9.17, 15) is 9.59 Å². The summed E-state index contributed by atoms with van der Waals surface area (Å²) in [7, 11) is 0. The van der Waals surface area contributed by atoms with Gasteiger partial charge in [-0.3, -0.25) is 14.7 Å². The molecule has 2 aromatic rings. The van der Waals surface area contributed by atoms with Crippen LogP contribution in [0.5, 0.6) is 0 Å². The van der Waals surface area contributed by atoms with Gasteiger partial charge < -0.3 is 10.2 Å². The zero-order chi connectivity index (χ0) is 17.8. The van der Waals surface area contributed by atoms with E-state index in [0.29, 0.717) is 5.82 Å². The van der Waals surface area contributed by atoms with E-state index in [1.807, 2.05) is 36.4 Å². The number of carbonyl (C=O) groups is 2. The number of amides is 2. The summed E-state index contributed by atoms with van der Waals surface area (Å²) in [4.78, 5) is 26.1. The first-order valence-corrected chi connectivity index (χ1v) is 8.48. The van der Waals surface area contributed by atoms with Crippen LogP contribution in [0.2, 0.25) is 0 Å². The Kier molecular flexibility index (Phi) is 4.97. The highest BCUT2D eigenvalue weighted by atomic mass is 16.2. The molecule has 1 atom stereocenters. The van der Waals surface area contributed by atoms with Gasteiger partial charge in [-0.2, -0.15) is 5.10 Å². The summed E-state index contributed by atoms with van der Waals surface area (Å²) in [5.74, 6) is 0.256. The Bertz CT molecular complexity index is 809. The minimum absolute atomic E-state index is 0.0893. The predicted molar refractivity (Wildman–Crippen MR) is 96.6 cm³/mol. The number of nitrogens with one attached hydrogen (secondary N) is 2. The summed E-state index contributed by atoms with van der Waals surface area (Å²) in [5, 5.41) is 9.85. The second-order valence-electron chi connectivity index (χ2n) is 6.17. The molecule has 1 aromatic carbocycles. The Labute approximate surface area is 146 Å². The summed E-state index contributed by atoms with van der Waals surface area (Å²) in [6.45, 7) is 3.59. The number of rotatable bonds is 5. The average Bonchev–Trinajstić information content (AvgIpc) is 3.02. The molecule has 2 N–H and O–H groups in total. The third kappa shape index (κ3) is 3.79. The number of nitrogens with zero attached hydrogens (tertiary/aromatic N) is 2. The molecule has 1 aliphatic heterocycles. The number of carbonyl (C=O) groups excluding carboxylic acids is 2. The lowest BCUT2D eigenvalue weighted by atomic mass is 9.93. The van der Waals surface area contributed by atoms with Gasteiger partial charge in [0, 0.05) is 24.9 Å². The molecule has 1 aromatic heterocycles. The minimum Gasteiger partial charge on any atom is -0.311 e. The number of fused-ring (bicyclic) bond motifs is 1. The summed E-state index contributed by atoms with van der Waals surface area (Å²) in [6, 6.07) is 9.35. The zero-order valence-electron chi connectivity index (χ0n) is 14.5. The van der Waals surface area contributed by atoms with Crippen molar-refractivity contribution in [3.8, 4) is 0 Å². The number of anilines is 1. The molecule has 0 aliphatic carbocycles. The molecule has 0 unspecified atom stereocenters. The van der Waals surface area contributed by atoms with Crippen LogP contribution in [0.3, 0.4) is 0 Å². The van der Waals surface area contributed by atoms with Gasteiger partial charge in [0.2, 0.25) is 11.8 Å². The van der Waals surface area contributed by atoms with E-state index in [2.05, 4.69) is 22.4 Å². The maximum Gasteiger partial charge on any atom is 0.228 e. The highest BCUT2D eigenvalue weighted by molar-refractivity contribution is 5.91. The first-order chi connectivity index (χ1) is 12.1. The number of H-pyrrole nitrogens is 1. The van der Waals surface area contributed by atoms with Crippen molar-refractivity contribution < 1.29 is 9.59 Å². The minimum atomic E-state index is -0.312. The van der Waals surface area contributed by atoms with Crippen molar-refractivity contribution in [2.24, 2.45) is 0 Å². The van der Waals surface area contributed by atoms with E-state index in [-0.39, 0.29) is 24.3 Å². The molecule has 0 radical (unpaired) electrons. The van der Waals surface area contributed by atoms with E-state index in [0.717, 1.165) is 29.7 Å². The molecular weight excluding hydrogens is 316 g/mol. The van der Waals surface area contributed by atoms with Gasteiger partial charge in [-0.25, -0.2) is 0 Å². The van der Waals surface area contributed by atoms with Crippen molar-refractivity contribution in [2.75, 3.05) is 5.32 Å². The van der Waals surface area contributed by atoms with Crippen molar-refractivity contribution >= 4 is 23.7 Å². The van der Waals surface area contributed by atoms with Gasteiger partial charge in [-0.1, -0.05) is 37.6 Å². The highest BCUT2D eigenvalue weighted by Crippen LogP contribution is 2.33. The van der Waals surface area contributed by atoms with Gasteiger partial charge in [0.05, 0.1) is 12.5 Å². The van der Waals surface area contributed by atoms with E-state index in [4.69, 9.17) is 0 Å². The summed E-state index contributed by atoms with van der Waals surface area (Å²) in [5.41, 5.74) is 3.00. The fourth-order valence-corrected chi connectivity index (χ4v) is 3.11. The lowest BCUT2D eigenvalue weighted by Gasteiger charge is -2.32. The Morgan fingerprint density at radius 2 is 2.12 bits per heavy atom. The van der Waals surface area contributed by atoms with Crippen molar-refractivity contribution in [1.82, 2.24) is 15.1 Å². The number of hydrogen-bond acceptors (Lipinski definition) is 3. The van der Waals surface area contributed by atoms with Crippen LogP contribution in [0.15, 0.2) is 36.5 Å². The van der Waals surface area contributed by atoms with Crippen LogP contribution < -0.4 is 5.32 Å². The lowest BCUT2D eigenvalue weighted by Crippen LogP contribution is -2.33. The lowest BCUT2D eigenvalue weighted by molar-refractivity contribution is -0.129. The standard InChI is InChI=1S/C19H22N4O2/c1-3-6-15-11-18(22-21-15)20-19(25)12-17-16-8-5-4-7-14(16)9-10-23(17)13(2)24/h4-5,7-11,17H,3,6,12H2,1-2H3,(H2,20,21,22,25)/t17-/m1/s1. The van der Waals surface area contributed by atoms with Crippen LogP contribution in [0.1, 0.15) is 49.6 Å². The van der Waals surface area contributed by atoms with Gasteiger partial charge in [0.25, 0.3) is 0 Å². The van der Waals surface area contributed by atoms with Crippen LogP contribution in [-0.2, 0) is 16.0 Å². The molecule has 0 spiro atoms. The summed E-state index contributed by atoms with van der Waals surface area (Å²) < 4.78 is 0. The quantitative estimate of drug-likeness (QED) is 0.878. The van der Waals surface area contributed by atoms with Gasteiger partial charge in [-0.05, 0) is 23.6 Å². The number of aryl methyl sites for hydroxylation is 1. The van der Waals surface area contributed by atoms with Crippen LogP contribution >= 0.6 is 0 Å². The molecule has 0 bridgehead atoms. The van der Waals surface area contributed by atoms with Gasteiger partial charge in [0.1, 0.15) is 0 Å². The molecule has 0 saturated heterocycles. The van der Waals surface area contributed by atoms with Crippen LogP contribution in [-0.4, -0.2) is 26.9 Å². The first-order valence-electron chi connectivity index (χ1n) is 8.48. The Morgan fingerprint density at radius 1 is 1.32 bits per heavy atom. The molecule has 0 fully saturated rings.